The number of aliphatic imine (C=N–C) groups is 1. The first-order valence-corrected chi connectivity index (χ1v) is 11.3. The number of carbonyl (C=O) groups is 1. The number of fused-ring (bicyclic) bond motifs is 1. The third kappa shape index (κ3) is 3.48. The number of amides is 1. The lowest BCUT2D eigenvalue weighted by atomic mass is 9.87. The highest BCUT2D eigenvalue weighted by Crippen LogP contribution is 2.48. The van der Waals surface area contributed by atoms with E-state index in [0.29, 0.717) is 23.2 Å². The van der Waals surface area contributed by atoms with Crippen LogP contribution >= 0.6 is 23.1 Å². The number of hydrogen-bond donors (Lipinski definition) is 1. The first kappa shape index (κ1) is 19.2. The molecule has 1 aromatic carbocycles. The Kier molecular flexibility index (Phi) is 5.00. The quantitative estimate of drug-likeness (QED) is 0.676. The van der Waals surface area contributed by atoms with Gasteiger partial charge in [-0.25, -0.2) is 15.0 Å². The second-order valence-corrected chi connectivity index (χ2v) is 9.25. The van der Waals surface area contributed by atoms with Gasteiger partial charge in [-0.1, -0.05) is 30.0 Å². The van der Waals surface area contributed by atoms with Crippen molar-refractivity contribution in [3.63, 3.8) is 0 Å². The molecule has 30 heavy (non-hydrogen) atoms. The van der Waals surface area contributed by atoms with Gasteiger partial charge >= 0.3 is 0 Å². The van der Waals surface area contributed by atoms with Crippen molar-refractivity contribution in [3.8, 4) is 0 Å². The number of anilines is 1. The van der Waals surface area contributed by atoms with Crippen LogP contribution < -0.4 is 10.2 Å². The standard InChI is InChI=1S/C21H18FN5OS2/c22-17-8-7-16(30-17)21-13-27(19-23-9-4-10-24-19)11-15(21)12-29-20(26-21)25-18(28)14-5-2-1-3-6-14/h1-10,15H,11-13H2,(H,25,26,28). The van der Waals surface area contributed by atoms with Crippen molar-refractivity contribution in [2.75, 3.05) is 23.7 Å². The van der Waals surface area contributed by atoms with E-state index in [1.54, 1.807) is 36.7 Å². The molecule has 1 N–H and O–H groups in total. The van der Waals surface area contributed by atoms with E-state index in [9.17, 15) is 9.18 Å². The van der Waals surface area contributed by atoms with Gasteiger partial charge in [-0.2, -0.15) is 4.39 Å². The van der Waals surface area contributed by atoms with Crippen LogP contribution in [0.1, 0.15) is 15.2 Å². The number of halogens is 1. The molecule has 3 aromatic rings. The molecular weight excluding hydrogens is 421 g/mol. The Labute approximate surface area is 181 Å². The van der Waals surface area contributed by atoms with Crippen LogP contribution in [0, 0.1) is 11.0 Å². The number of thioether (sulfide) groups is 1. The maximum Gasteiger partial charge on any atom is 0.257 e. The number of benzene rings is 1. The highest BCUT2D eigenvalue weighted by molar-refractivity contribution is 8.13. The fourth-order valence-corrected chi connectivity index (χ4v) is 5.99. The van der Waals surface area contributed by atoms with Crippen LogP contribution in [0.15, 0.2) is 65.9 Å². The lowest BCUT2D eigenvalue weighted by Crippen LogP contribution is -2.42. The van der Waals surface area contributed by atoms with Crippen LogP contribution in [-0.2, 0) is 5.54 Å². The molecule has 2 aliphatic rings. The lowest BCUT2D eigenvalue weighted by Gasteiger charge is -2.34. The van der Waals surface area contributed by atoms with Crippen LogP contribution in [0.2, 0.25) is 0 Å². The predicted molar refractivity (Wildman–Crippen MR) is 117 cm³/mol. The van der Waals surface area contributed by atoms with Gasteiger partial charge in [0, 0.05) is 41.0 Å². The average molecular weight is 440 g/mol. The van der Waals surface area contributed by atoms with Gasteiger partial charge in [-0.15, -0.1) is 11.3 Å². The number of amidine groups is 1. The largest absolute Gasteiger partial charge is 0.338 e. The Morgan fingerprint density at radius 2 is 1.93 bits per heavy atom. The Balaban J connectivity index is 1.49. The molecule has 1 fully saturated rings. The van der Waals surface area contributed by atoms with Gasteiger partial charge in [-0.3, -0.25) is 4.79 Å². The lowest BCUT2D eigenvalue weighted by molar-refractivity contribution is 0.0977. The maximum absolute atomic E-state index is 13.9. The number of thiophene rings is 1. The van der Waals surface area contributed by atoms with Crippen molar-refractivity contribution in [2.24, 2.45) is 10.9 Å². The van der Waals surface area contributed by atoms with Crippen molar-refractivity contribution >= 4 is 40.1 Å². The number of nitrogens with one attached hydrogen (secondary N) is 1. The van der Waals surface area contributed by atoms with E-state index in [1.165, 1.54) is 17.8 Å². The van der Waals surface area contributed by atoms with Crippen molar-refractivity contribution in [2.45, 2.75) is 5.54 Å². The Bertz CT molecular complexity index is 1090. The molecule has 0 spiro atoms. The Hall–Kier alpha value is -2.78. The molecule has 0 aliphatic carbocycles. The highest BCUT2D eigenvalue weighted by atomic mass is 32.2. The molecule has 9 heteroatoms. The summed E-state index contributed by atoms with van der Waals surface area (Å²) in [4.78, 5) is 29.3. The van der Waals surface area contributed by atoms with E-state index in [0.717, 1.165) is 28.5 Å². The minimum absolute atomic E-state index is 0.154. The number of rotatable bonds is 3. The van der Waals surface area contributed by atoms with Gasteiger partial charge in [-0.05, 0) is 30.3 Å². The number of carbonyl (C=O) groups excluding carboxylic acids is 1. The number of aromatic nitrogens is 2. The van der Waals surface area contributed by atoms with Crippen LogP contribution in [0.5, 0.6) is 0 Å². The molecule has 5 rings (SSSR count). The van der Waals surface area contributed by atoms with Crippen LogP contribution in [0.4, 0.5) is 10.3 Å². The molecule has 0 radical (unpaired) electrons. The molecule has 2 unspecified atom stereocenters. The van der Waals surface area contributed by atoms with Gasteiger partial charge in [0.25, 0.3) is 5.91 Å². The van der Waals surface area contributed by atoms with Crippen molar-refractivity contribution in [1.82, 2.24) is 15.3 Å². The van der Waals surface area contributed by atoms with Crippen LogP contribution in [0.3, 0.4) is 0 Å². The summed E-state index contributed by atoms with van der Waals surface area (Å²) in [5.74, 6) is 1.35. The zero-order chi connectivity index (χ0) is 20.6. The summed E-state index contributed by atoms with van der Waals surface area (Å²) in [5.41, 5.74) is -0.0662. The summed E-state index contributed by atoms with van der Waals surface area (Å²) in [5, 5.41) is 3.26. The van der Waals surface area contributed by atoms with Crippen LogP contribution in [-0.4, -0.2) is 39.9 Å². The molecule has 0 saturated carbocycles. The molecular formula is C21H18FN5OS2. The van der Waals surface area contributed by atoms with E-state index < -0.39 is 5.54 Å². The fourth-order valence-electron chi connectivity index (χ4n) is 3.92. The van der Waals surface area contributed by atoms with Crippen molar-refractivity contribution in [3.05, 3.63) is 76.5 Å². The summed E-state index contributed by atoms with van der Waals surface area (Å²) < 4.78 is 13.9. The molecule has 2 aliphatic heterocycles. The van der Waals surface area contributed by atoms with E-state index in [1.807, 2.05) is 18.2 Å². The zero-order valence-corrected chi connectivity index (χ0v) is 17.5. The summed E-state index contributed by atoms with van der Waals surface area (Å²) in [6.45, 7) is 1.26. The Morgan fingerprint density at radius 1 is 1.13 bits per heavy atom. The van der Waals surface area contributed by atoms with Crippen LogP contribution in [0.25, 0.3) is 0 Å². The van der Waals surface area contributed by atoms with Gasteiger partial charge in [0.15, 0.2) is 10.3 Å². The van der Waals surface area contributed by atoms with E-state index in [-0.39, 0.29) is 17.0 Å². The number of hydrogen-bond acceptors (Lipinski definition) is 7. The topological polar surface area (TPSA) is 70.5 Å². The summed E-state index contributed by atoms with van der Waals surface area (Å²) >= 11 is 2.63. The zero-order valence-electron chi connectivity index (χ0n) is 15.9. The first-order chi connectivity index (χ1) is 14.6. The number of nitrogens with zero attached hydrogens (tertiary/aromatic N) is 4. The summed E-state index contributed by atoms with van der Waals surface area (Å²) in [6.07, 6.45) is 3.43. The fraction of sp³-hybridized carbons (Fsp3) is 0.238. The van der Waals surface area contributed by atoms with Gasteiger partial charge in [0.1, 0.15) is 5.54 Å². The van der Waals surface area contributed by atoms with E-state index in [4.69, 9.17) is 4.99 Å². The third-order valence-corrected chi connectivity index (χ3v) is 7.44. The van der Waals surface area contributed by atoms with E-state index in [2.05, 4.69) is 20.2 Å². The molecule has 2 atom stereocenters. The van der Waals surface area contributed by atoms with Gasteiger partial charge < -0.3 is 10.2 Å². The molecule has 2 aromatic heterocycles. The SMILES string of the molecule is O=C(NC1=NC2(c3ccc(F)s3)CN(c3ncccn3)CC2CS1)c1ccccc1. The van der Waals surface area contributed by atoms with Gasteiger partial charge in [0.2, 0.25) is 5.95 Å². The molecule has 4 heterocycles. The molecule has 6 nitrogen and oxygen atoms in total. The predicted octanol–water partition coefficient (Wildman–Crippen LogP) is 3.54. The first-order valence-electron chi connectivity index (χ1n) is 9.51. The smallest absolute Gasteiger partial charge is 0.257 e. The average Bonchev–Trinajstić information content (AvgIpc) is 3.39. The minimum atomic E-state index is -0.640. The monoisotopic (exact) mass is 439 g/mol. The minimum Gasteiger partial charge on any atom is -0.338 e. The summed E-state index contributed by atoms with van der Waals surface area (Å²) in [7, 11) is 0. The maximum atomic E-state index is 13.9. The molecule has 152 valence electrons. The Morgan fingerprint density at radius 3 is 2.67 bits per heavy atom. The van der Waals surface area contributed by atoms with Crippen molar-refractivity contribution in [1.29, 1.82) is 0 Å². The highest BCUT2D eigenvalue weighted by Gasteiger charge is 2.52. The summed E-state index contributed by atoms with van der Waals surface area (Å²) in [6, 6.07) is 14.1. The second-order valence-electron chi connectivity index (χ2n) is 7.20. The second kappa shape index (κ2) is 7.81. The molecule has 0 bridgehead atoms. The third-order valence-electron chi connectivity index (χ3n) is 5.36. The van der Waals surface area contributed by atoms with Crippen molar-refractivity contribution < 1.29 is 9.18 Å². The molecule has 1 amide bonds. The normalized spacial score (nSPS) is 23.0. The molecule has 1 saturated heterocycles. The van der Waals surface area contributed by atoms with Gasteiger partial charge in [0.05, 0.1) is 6.54 Å². The van der Waals surface area contributed by atoms with E-state index >= 15 is 0 Å².